The first kappa shape index (κ1) is 23.1. The summed E-state index contributed by atoms with van der Waals surface area (Å²) in [5.74, 6) is -2.84. The maximum absolute atomic E-state index is 16.2. The summed E-state index contributed by atoms with van der Waals surface area (Å²) in [5.41, 5.74) is 1.50. The number of nitriles is 1. The van der Waals surface area contributed by atoms with Crippen molar-refractivity contribution < 1.29 is 18.7 Å². The molecule has 0 radical (unpaired) electrons. The van der Waals surface area contributed by atoms with Gasteiger partial charge in [-0.3, -0.25) is 4.79 Å². The van der Waals surface area contributed by atoms with Crippen LogP contribution in [0.5, 0.6) is 0 Å². The highest BCUT2D eigenvalue weighted by Crippen LogP contribution is 2.47. The van der Waals surface area contributed by atoms with Crippen molar-refractivity contribution in [1.29, 1.82) is 5.26 Å². The molecule has 0 spiro atoms. The molecular weight excluding hydrogens is 476 g/mol. The number of carboxylic acids is 1. The van der Waals surface area contributed by atoms with Gasteiger partial charge in [-0.15, -0.1) is 0 Å². The van der Waals surface area contributed by atoms with Gasteiger partial charge in [0.1, 0.15) is 17.5 Å². The molecule has 2 bridgehead atoms. The Hall–Kier alpha value is -4.32. The van der Waals surface area contributed by atoms with Crippen LogP contribution in [0.4, 0.5) is 14.6 Å². The second kappa shape index (κ2) is 8.96. The van der Waals surface area contributed by atoms with Crippen LogP contribution in [0.3, 0.4) is 0 Å². The Morgan fingerprint density at radius 1 is 1.14 bits per heavy atom. The van der Waals surface area contributed by atoms with Crippen LogP contribution in [-0.4, -0.2) is 32.1 Å². The molecule has 7 rings (SSSR count). The van der Waals surface area contributed by atoms with E-state index in [4.69, 9.17) is 0 Å². The molecule has 3 fully saturated rings. The van der Waals surface area contributed by atoms with E-state index in [-0.39, 0.29) is 34.5 Å². The van der Waals surface area contributed by atoms with Crippen LogP contribution in [0.2, 0.25) is 0 Å². The van der Waals surface area contributed by atoms with Crippen LogP contribution in [0, 0.1) is 40.7 Å². The Bertz CT molecular complexity index is 1550. The molecule has 3 aliphatic carbocycles. The lowest BCUT2D eigenvalue weighted by Gasteiger charge is -2.47. The molecule has 0 amide bonds. The number of nitrogens with one attached hydrogen (secondary N) is 2. The molecule has 3 N–H and O–H groups in total. The fourth-order valence-electron chi connectivity index (χ4n) is 6.18. The lowest BCUT2D eigenvalue weighted by Crippen LogP contribution is -2.51. The maximum atomic E-state index is 16.2. The van der Waals surface area contributed by atoms with E-state index in [2.05, 4.69) is 26.3 Å². The van der Waals surface area contributed by atoms with Crippen molar-refractivity contribution in [2.24, 2.45) is 17.8 Å². The molecule has 2 atom stereocenters. The van der Waals surface area contributed by atoms with Crippen LogP contribution in [0.25, 0.3) is 33.4 Å². The SMILES string of the molecule is N#Cc1c(-c2c[nH]c3ncc(F)cc23)nc(N[C@H]2C3CCC(CC3)[C@@H]2C(=O)O)c(F)c1-c1ccccc1. The van der Waals surface area contributed by atoms with Crippen LogP contribution < -0.4 is 5.32 Å². The Balaban J connectivity index is 1.57. The highest BCUT2D eigenvalue weighted by Gasteiger charge is 2.47. The van der Waals surface area contributed by atoms with E-state index >= 15 is 4.39 Å². The fraction of sp³-hybridized carbons (Fsp3) is 0.286. The molecule has 0 saturated heterocycles. The third-order valence-corrected chi connectivity index (χ3v) is 7.87. The Kier molecular flexibility index (Phi) is 5.60. The van der Waals surface area contributed by atoms with E-state index in [1.165, 1.54) is 6.07 Å². The lowest BCUT2D eigenvalue weighted by molar-refractivity contribution is -0.148. The number of carbonyl (C=O) groups is 1. The number of hydrogen-bond acceptors (Lipinski definition) is 5. The fourth-order valence-corrected chi connectivity index (χ4v) is 6.18. The van der Waals surface area contributed by atoms with Gasteiger partial charge in [-0.2, -0.15) is 5.26 Å². The van der Waals surface area contributed by atoms with Gasteiger partial charge in [0, 0.05) is 28.8 Å². The molecule has 186 valence electrons. The number of nitrogens with zero attached hydrogens (tertiary/aromatic N) is 3. The third kappa shape index (κ3) is 3.80. The second-order valence-electron chi connectivity index (χ2n) is 9.81. The van der Waals surface area contributed by atoms with Crippen LogP contribution >= 0.6 is 0 Å². The van der Waals surface area contributed by atoms with Crippen LogP contribution in [0.15, 0.2) is 48.8 Å². The van der Waals surface area contributed by atoms with Crippen molar-refractivity contribution in [1.82, 2.24) is 15.0 Å². The molecule has 3 aliphatic rings. The predicted octanol–water partition coefficient (Wildman–Crippen LogP) is 5.74. The largest absolute Gasteiger partial charge is 0.481 e. The molecular formula is C28H23F2N5O2. The van der Waals surface area contributed by atoms with E-state index in [1.807, 2.05) is 0 Å². The van der Waals surface area contributed by atoms with Gasteiger partial charge in [-0.25, -0.2) is 18.7 Å². The van der Waals surface area contributed by atoms with Gasteiger partial charge < -0.3 is 15.4 Å². The summed E-state index contributed by atoms with van der Waals surface area (Å²) in [6, 6.07) is 11.6. The smallest absolute Gasteiger partial charge is 0.308 e. The lowest BCUT2D eigenvalue weighted by atomic mass is 9.61. The van der Waals surface area contributed by atoms with Gasteiger partial charge in [0.05, 0.1) is 23.4 Å². The van der Waals surface area contributed by atoms with Crippen molar-refractivity contribution >= 4 is 22.8 Å². The molecule has 3 heterocycles. The summed E-state index contributed by atoms with van der Waals surface area (Å²) in [4.78, 5) is 23.8. The minimum atomic E-state index is -0.900. The molecule has 4 aromatic rings. The standard InChI is InChI=1S/C28H23F2N5O2/c29-17-10-18-20(13-33-26(18)32-12-17)25-19(11-31)21(14-4-2-1-3-5-14)23(30)27(35-25)34-24-16-8-6-15(7-9-16)22(24)28(36)37/h1-5,10,12-13,15-16,22,24H,6-9H2,(H,32,33)(H,34,35)(H,36,37)/t15?,16?,22-,24-/m0/s1. The molecule has 1 aromatic carbocycles. The van der Waals surface area contributed by atoms with Crippen molar-refractivity contribution in [3.63, 3.8) is 0 Å². The maximum Gasteiger partial charge on any atom is 0.308 e. The molecule has 3 aromatic heterocycles. The number of carboxylic acid groups (broad SMARTS) is 1. The van der Waals surface area contributed by atoms with Crippen molar-refractivity contribution in [2.45, 2.75) is 31.7 Å². The highest BCUT2D eigenvalue weighted by atomic mass is 19.1. The zero-order valence-corrected chi connectivity index (χ0v) is 19.7. The minimum absolute atomic E-state index is 0.000592. The van der Waals surface area contributed by atoms with E-state index in [1.54, 1.807) is 36.5 Å². The summed E-state index contributed by atoms with van der Waals surface area (Å²) < 4.78 is 30.3. The summed E-state index contributed by atoms with van der Waals surface area (Å²) in [6.07, 6.45) is 6.08. The molecule has 0 unspecified atom stereocenters. The van der Waals surface area contributed by atoms with Crippen LogP contribution in [0.1, 0.15) is 31.2 Å². The van der Waals surface area contributed by atoms with Gasteiger partial charge in [0.15, 0.2) is 11.6 Å². The van der Waals surface area contributed by atoms with Crippen molar-refractivity contribution in [3.05, 3.63) is 66.0 Å². The first-order valence-electron chi connectivity index (χ1n) is 12.3. The second-order valence-corrected chi connectivity index (χ2v) is 9.81. The zero-order chi connectivity index (χ0) is 25.7. The number of pyridine rings is 2. The minimum Gasteiger partial charge on any atom is -0.481 e. The van der Waals surface area contributed by atoms with E-state index in [0.717, 1.165) is 31.9 Å². The molecule has 9 heteroatoms. The monoisotopic (exact) mass is 499 g/mol. The number of H-pyrrole nitrogens is 1. The summed E-state index contributed by atoms with van der Waals surface area (Å²) in [6.45, 7) is 0. The molecule has 7 nitrogen and oxygen atoms in total. The van der Waals surface area contributed by atoms with Crippen molar-refractivity contribution in [2.75, 3.05) is 5.32 Å². The number of aromatic amines is 1. The van der Waals surface area contributed by atoms with E-state index in [0.29, 0.717) is 22.2 Å². The summed E-state index contributed by atoms with van der Waals surface area (Å²) >= 11 is 0. The average molecular weight is 500 g/mol. The van der Waals surface area contributed by atoms with Gasteiger partial charge in [-0.05, 0) is 49.1 Å². The van der Waals surface area contributed by atoms with Gasteiger partial charge >= 0.3 is 5.97 Å². The van der Waals surface area contributed by atoms with Gasteiger partial charge in [0.2, 0.25) is 0 Å². The zero-order valence-electron chi connectivity index (χ0n) is 19.7. The first-order chi connectivity index (χ1) is 18.0. The van der Waals surface area contributed by atoms with Crippen molar-refractivity contribution in [3.8, 4) is 28.5 Å². The van der Waals surface area contributed by atoms with Gasteiger partial charge in [0.25, 0.3) is 0 Å². The summed E-state index contributed by atoms with van der Waals surface area (Å²) in [5, 5.41) is 23.7. The van der Waals surface area contributed by atoms with Crippen LogP contribution in [-0.2, 0) is 4.79 Å². The molecule has 0 aliphatic heterocycles. The third-order valence-electron chi connectivity index (χ3n) is 7.87. The number of halogens is 2. The first-order valence-corrected chi connectivity index (χ1v) is 12.3. The predicted molar refractivity (Wildman–Crippen MR) is 133 cm³/mol. The summed E-state index contributed by atoms with van der Waals surface area (Å²) in [7, 11) is 0. The number of benzene rings is 1. The average Bonchev–Trinajstić information content (AvgIpc) is 3.33. The number of aliphatic carboxylic acids is 1. The number of fused-ring (bicyclic) bond motifs is 4. The number of hydrogen-bond donors (Lipinski definition) is 3. The highest BCUT2D eigenvalue weighted by molar-refractivity contribution is 5.96. The molecule has 37 heavy (non-hydrogen) atoms. The van der Waals surface area contributed by atoms with E-state index < -0.39 is 29.6 Å². The molecule has 3 saturated carbocycles. The van der Waals surface area contributed by atoms with E-state index in [9.17, 15) is 19.6 Å². The number of anilines is 1. The quantitative estimate of drug-likeness (QED) is 0.322. The Morgan fingerprint density at radius 2 is 1.86 bits per heavy atom. The number of rotatable bonds is 5. The Labute approximate surface area is 211 Å². The normalized spacial score (nSPS) is 22.6. The topological polar surface area (TPSA) is 115 Å². The number of aromatic nitrogens is 3. The van der Waals surface area contributed by atoms with Gasteiger partial charge in [-0.1, -0.05) is 30.3 Å². The Morgan fingerprint density at radius 3 is 2.57 bits per heavy atom.